The van der Waals surface area contributed by atoms with Gasteiger partial charge in [-0.3, -0.25) is 9.59 Å². The molecule has 1 aliphatic rings. The lowest BCUT2D eigenvalue weighted by atomic mass is 10.2. The zero-order valence-electron chi connectivity index (χ0n) is 13.6. The minimum atomic E-state index is -0.621. The van der Waals surface area contributed by atoms with Crippen LogP contribution in [-0.2, 0) is 9.59 Å². The van der Waals surface area contributed by atoms with Crippen molar-refractivity contribution in [3.05, 3.63) is 54.6 Å². The molecule has 124 valence electrons. The molecule has 1 heterocycles. The lowest BCUT2D eigenvalue weighted by molar-refractivity contribution is -0.122. The predicted molar refractivity (Wildman–Crippen MR) is 93.2 cm³/mol. The molecule has 24 heavy (non-hydrogen) atoms. The molecule has 3 rings (SSSR count). The second kappa shape index (κ2) is 7.17. The quantitative estimate of drug-likeness (QED) is 0.918. The molecule has 0 aliphatic carbocycles. The van der Waals surface area contributed by atoms with Crippen molar-refractivity contribution < 1.29 is 14.3 Å². The first-order chi connectivity index (χ1) is 11.6. The maximum Gasteiger partial charge on any atom is 0.265 e. The summed E-state index contributed by atoms with van der Waals surface area (Å²) in [5.41, 5.74) is 1.60. The van der Waals surface area contributed by atoms with Gasteiger partial charge in [0.25, 0.3) is 5.91 Å². The average Bonchev–Trinajstić information content (AvgIpc) is 3.02. The molecular formula is C19H20N2O3. The molecule has 0 radical (unpaired) electrons. The summed E-state index contributed by atoms with van der Waals surface area (Å²) < 4.78 is 5.68. The highest BCUT2D eigenvalue weighted by atomic mass is 16.5. The van der Waals surface area contributed by atoms with E-state index in [9.17, 15) is 9.59 Å². The third-order valence-electron chi connectivity index (χ3n) is 3.95. The maximum atomic E-state index is 12.1. The summed E-state index contributed by atoms with van der Waals surface area (Å²) in [6.07, 6.45) is 0.882. The number of ether oxygens (including phenoxy) is 1. The third kappa shape index (κ3) is 3.74. The number of carbonyl (C=O) groups is 2. The number of amides is 2. The Kier molecular flexibility index (Phi) is 4.79. The monoisotopic (exact) mass is 324 g/mol. The molecule has 2 aromatic rings. The van der Waals surface area contributed by atoms with E-state index in [-0.39, 0.29) is 11.8 Å². The normalized spacial score (nSPS) is 15.2. The van der Waals surface area contributed by atoms with Crippen molar-refractivity contribution in [2.45, 2.75) is 25.9 Å². The Labute approximate surface area is 141 Å². The molecule has 2 aromatic carbocycles. The molecule has 1 saturated heterocycles. The molecule has 0 unspecified atom stereocenters. The zero-order chi connectivity index (χ0) is 16.9. The van der Waals surface area contributed by atoms with Crippen molar-refractivity contribution in [1.82, 2.24) is 0 Å². The summed E-state index contributed by atoms with van der Waals surface area (Å²) in [4.78, 5) is 25.7. The van der Waals surface area contributed by atoms with Crippen molar-refractivity contribution >= 4 is 23.2 Å². The number of rotatable bonds is 5. The van der Waals surface area contributed by atoms with Gasteiger partial charge in [-0.25, -0.2) is 0 Å². The Morgan fingerprint density at radius 1 is 1.12 bits per heavy atom. The van der Waals surface area contributed by atoms with Gasteiger partial charge in [-0.05, 0) is 49.7 Å². The number of anilines is 2. The van der Waals surface area contributed by atoms with Gasteiger partial charge in [0.15, 0.2) is 6.10 Å². The van der Waals surface area contributed by atoms with E-state index in [4.69, 9.17) is 4.74 Å². The molecule has 0 aromatic heterocycles. The summed E-state index contributed by atoms with van der Waals surface area (Å²) >= 11 is 0. The molecular weight excluding hydrogens is 304 g/mol. The lowest BCUT2D eigenvalue weighted by Gasteiger charge is -2.18. The van der Waals surface area contributed by atoms with Crippen LogP contribution in [0, 0.1) is 0 Å². The zero-order valence-corrected chi connectivity index (χ0v) is 13.6. The van der Waals surface area contributed by atoms with E-state index in [1.165, 1.54) is 0 Å². The van der Waals surface area contributed by atoms with E-state index >= 15 is 0 Å². The number of benzene rings is 2. The number of nitrogens with zero attached hydrogens (tertiary/aromatic N) is 1. The largest absolute Gasteiger partial charge is 0.481 e. The van der Waals surface area contributed by atoms with Crippen LogP contribution < -0.4 is 15.0 Å². The minimum Gasteiger partial charge on any atom is -0.481 e. The Bertz CT molecular complexity index is 713. The van der Waals surface area contributed by atoms with Crippen LogP contribution in [0.15, 0.2) is 54.6 Å². The molecule has 5 heteroatoms. The fourth-order valence-electron chi connectivity index (χ4n) is 2.65. The predicted octanol–water partition coefficient (Wildman–Crippen LogP) is 3.22. The van der Waals surface area contributed by atoms with E-state index in [2.05, 4.69) is 5.32 Å². The maximum absolute atomic E-state index is 12.1. The molecule has 0 spiro atoms. The van der Waals surface area contributed by atoms with Crippen molar-refractivity contribution in [2.75, 3.05) is 16.8 Å². The van der Waals surface area contributed by atoms with Crippen molar-refractivity contribution in [3.63, 3.8) is 0 Å². The highest BCUT2D eigenvalue weighted by Crippen LogP contribution is 2.24. The average molecular weight is 324 g/mol. The SMILES string of the molecule is C[C@H](Oc1ccc(N2CCCC2=O)cc1)C(=O)Nc1ccccc1. The van der Waals surface area contributed by atoms with Crippen LogP contribution >= 0.6 is 0 Å². The Balaban J connectivity index is 1.59. The molecule has 1 aliphatic heterocycles. The van der Waals surface area contributed by atoms with Crippen molar-refractivity contribution in [1.29, 1.82) is 0 Å². The Hall–Kier alpha value is -2.82. The van der Waals surface area contributed by atoms with Crippen LogP contribution in [0.4, 0.5) is 11.4 Å². The summed E-state index contributed by atoms with van der Waals surface area (Å²) in [5.74, 6) is 0.542. The van der Waals surface area contributed by atoms with Gasteiger partial charge in [-0.1, -0.05) is 18.2 Å². The fourth-order valence-corrected chi connectivity index (χ4v) is 2.65. The number of hydrogen-bond acceptors (Lipinski definition) is 3. The van der Waals surface area contributed by atoms with Crippen LogP contribution in [0.25, 0.3) is 0 Å². The van der Waals surface area contributed by atoms with Gasteiger partial charge in [0.2, 0.25) is 5.91 Å². The third-order valence-corrected chi connectivity index (χ3v) is 3.95. The number of para-hydroxylation sites is 1. The summed E-state index contributed by atoms with van der Waals surface area (Å²) in [6.45, 7) is 2.46. The number of nitrogens with one attached hydrogen (secondary N) is 1. The van der Waals surface area contributed by atoms with Gasteiger partial charge in [0, 0.05) is 24.3 Å². The van der Waals surface area contributed by atoms with Crippen LogP contribution in [0.1, 0.15) is 19.8 Å². The highest BCUT2D eigenvalue weighted by Gasteiger charge is 2.21. The fraction of sp³-hybridized carbons (Fsp3) is 0.263. The molecule has 0 bridgehead atoms. The van der Waals surface area contributed by atoms with Crippen molar-refractivity contribution in [3.8, 4) is 5.75 Å². The molecule has 2 amide bonds. The van der Waals surface area contributed by atoms with E-state index in [1.54, 1.807) is 24.0 Å². The lowest BCUT2D eigenvalue weighted by Crippen LogP contribution is -2.30. The van der Waals surface area contributed by atoms with Gasteiger partial charge in [0.1, 0.15) is 5.75 Å². The summed E-state index contributed by atoms with van der Waals surface area (Å²) in [5, 5.41) is 2.81. The highest BCUT2D eigenvalue weighted by molar-refractivity contribution is 5.95. The number of hydrogen-bond donors (Lipinski definition) is 1. The molecule has 0 saturated carbocycles. The van der Waals surface area contributed by atoms with Crippen LogP contribution in [0.5, 0.6) is 5.75 Å². The second-order valence-corrected chi connectivity index (χ2v) is 5.76. The van der Waals surface area contributed by atoms with E-state index in [0.717, 1.165) is 24.3 Å². The molecule has 1 fully saturated rings. The first kappa shape index (κ1) is 16.1. The van der Waals surface area contributed by atoms with E-state index in [0.29, 0.717) is 12.2 Å². The molecule has 5 nitrogen and oxygen atoms in total. The van der Waals surface area contributed by atoms with E-state index < -0.39 is 6.10 Å². The van der Waals surface area contributed by atoms with Crippen molar-refractivity contribution in [2.24, 2.45) is 0 Å². The minimum absolute atomic E-state index is 0.152. The summed E-state index contributed by atoms with van der Waals surface area (Å²) in [7, 11) is 0. The molecule has 1 atom stereocenters. The van der Waals surface area contributed by atoms with Gasteiger partial charge >= 0.3 is 0 Å². The van der Waals surface area contributed by atoms with E-state index in [1.807, 2.05) is 42.5 Å². The standard InChI is InChI=1S/C19H20N2O3/c1-14(19(23)20-15-6-3-2-4-7-15)24-17-11-9-16(10-12-17)21-13-5-8-18(21)22/h2-4,6-7,9-12,14H,5,8,13H2,1H3,(H,20,23)/t14-/m0/s1. The van der Waals surface area contributed by atoms with Gasteiger partial charge in [-0.2, -0.15) is 0 Å². The Morgan fingerprint density at radius 3 is 2.46 bits per heavy atom. The van der Waals surface area contributed by atoms with Crippen LogP contribution in [0.2, 0.25) is 0 Å². The summed E-state index contributed by atoms with van der Waals surface area (Å²) in [6, 6.07) is 16.5. The first-order valence-corrected chi connectivity index (χ1v) is 8.06. The number of carbonyl (C=O) groups excluding carboxylic acids is 2. The topological polar surface area (TPSA) is 58.6 Å². The van der Waals surface area contributed by atoms with Gasteiger partial charge in [-0.15, -0.1) is 0 Å². The first-order valence-electron chi connectivity index (χ1n) is 8.06. The van der Waals surface area contributed by atoms with Crippen LogP contribution in [-0.4, -0.2) is 24.5 Å². The van der Waals surface area contributed by atoms with Gasteiger partial charge < -0.3 is 15.0 Å². The molecule has 1 N–H and O–H groups in total. The second-order valence-electron chi connectivity index (χ2n) is 5.76. The van der Waals surface area contributed by atoms with Crippen LogP contribution in [0.3, 0.4) is 0 Å². The van der Waals surface area contributed by atoms with Gasteiger partial charge in [0.05, 0.1) is 0 Å². The smallest absolute Gasteiger partial charge is 0.265 e. The Morgan fingerprint density at radius 2 is 1.83 bits per heavy atom.